The third-order valence-corrected chi connectivity index (χ3v) is 1.86. The van der Waals surface area contributed by atoms with Gasteiger partial charge in [-0.2, -0.15) is 0 Å². The van der Waals surface area contributed by atoms with Crippen molar-refractivity contribution in [2.75, 3.05) is 13.7 Å². The lowest BCUT2D eigenvalue weighted by atomic mass is 10.3. The van der Waals surface area contributed by atoms with Gasteiger partial charge in [0, 0.05) is 13.2 Å². The Kier molecular flexibility index (Phi) is 4.61. The number of carbonyl (C=O) groups is 2. The van der Waals surface area contributed by atoms with Gasteiger partial charge in [0.2, 0.25) is 0 Å². The van der Waals surface area contributed by atoms with E-state index in [0.29, 0.717) is 5.76 Å². The minimum Gasteiger partial charge on any atom is -0.480 e. The van der Waals surface area contributed by atoms with Crippen molar-refractivity contribution in [3.63, 3.8) is 0 Å². The predicted molar refractivity (Wildman–Crippen MR) is 53.2 cm³/mol. The second-order valence-corrected chi connectivity index (χ2v) is 3.16. The SMILES string of the molecule is COCc1cc(C(=O)N[C@H](CO)C(=O)O)no1. The summed E-state index contributed by atoms with van der Waals surface area (Å²) in [5.41, 5.74) is -0.0725. The van der Waals surface area contributed by atoms with Gasteiger partial charge in [-0.15, -0.1) is 0 Å². The van der Waals surface area contributed by atoms with Gasteiger partial charge in [0.15, 0.2) is 17.5 Å². The number of methoxy groups -OCH3 is 1. The van der Waals surface area contributed by atoms with Crippen LogP contribution in [0.25, 0.3) is 0 Å². The van der Waals surface area contributed by atoms with E-state index >= 15 is 0 Å². The van der Waals surface area contributed by atoms with Gasteiger partial charge in [-0.25, -0.2) is 4.79 Å². The van der Waals surface area contributed by atoms with E-state index in [1.807, 2.05) is 0 Å². The Morgan fingerprint density at radius 2 is 2.35 bits per heavy atom. The van der Waals surface area contributed by atoms with Crippen molar-refractivity contribution < 1.29 is 29.1 Å². The Bertz CT molecular complexity index is 402. The molecule has 1 heterocycles. The van der Waals surface area contributed by atoms with Crippen molar-refractivity contribution >= 4 is 11.9 Å². The van der Waals surface area contributed by atoms with Crippen molar-refractivity contribution in [1.82, 2.24) is 10.5 Å². The van der Waals surface area contributed by atoms with E-state index < -0.39 is 24.5 Å². The number of aliphatic hydroxyl groups is 1. The molecule has 0 aliphatic rings. The van der Waals surface area contributed by atoms with Crippen molar-refractivity contribution in [3.8, 4) is 0 Å². The van der Waals surface area contributed by atoms with Gasteiger partial charge in [0.05, 0.1) is 6.61 Å². The fourth-order valence-electron chi connectivity index (χ4n) is 1.05. The second-order valence-electron chi connectivity index (χ2n) is 3.16. The number of hydrogen-bond donors (Lipinski definition) is 3. The Hall–Kier alpha value is -1.93. The minimum absolute atomic E-state index is 0.0725. The van der Waals surface area contributed by atoms with Gasteiger partial charge in [-0.05, 0) is 0 Å². The molecule has 1 aromatic heterocycles. The van der Waals surface area contributed by atoms with Crippen LogP contribution in [-0.4, -0.2) is 47.0 Å². The van der Waals surface area contributed by atoms with Crippen molar-refractivity contribution in [1.29, 1.82) is 0 Å². The highest BCUT2D eigenvalue weighted by Crippen LogP contribution is 2.04. The van der Waals surface area contributed by atoms with E-state index in [1.54, 1.807) is 0 Å². The zero-order valence-corrected chi connectivity index (χ0v) is 9.04. The fourth-order valence-corrected chi connectivity index (χ4v) is 1.05. The molecule has 0 saturated carbocycles. The zero-order chi connectivity index (χ0) is 12.8. The number of amides is 1. The molecule has 1 amide bonds. The second kappa shape index (κ2) is 5.97. The Balaban J connectivity index is 2.65. The first-order chi connectivity index (χ1) is 8.08. The minimum atomic E-state index is -1.37. The molecule has 0 bridgehead atoms. The van der Waals surface area contributed by atoms with Crippen LogP contribution in [-0.2, 0) is 16.1 Å². The molecule has 8 heteroatoms. The molecule has 17 heavy (non-hydrogen) atoms. The van der Waals surface area contributed by atoms with Crippen LogP contribution in [0.15, 0.2) is 10.6 Å². The van der Waals surface area contributed by atoms with E-state index in [1.165, 1.54) is 13.2 Å². The van der Waals surface area contributed by atoms with E-state index in [2.05, 4.69) is 10.5 Å². The summed E-state index contributed by atoms with van der Waals surface area (Å²) in [4.78, 5) is 22.1. The van der Waals surface area contributed by atoms with E-state index in [-0.39, 0.29) is 12.3 Å². The molecule has 94 valence electrons. The summed E-state index contributed by atoms with van der Waals surface area (Å²) in [5.74, 6) is -1.73. The normalized spacial score (nSPS) is 12.1. The summed E-state index contributed by atoms with van der Waals surface area (Å²) < 4.78 is 9.52. The molecule has 1 aromatic rings. The fraction of sp³-hybridized carbons (Fsp3) is 0.444. The molecular weight excluding hydrogens is 232 g/mol. The molecule has 3 N–H and O–H groups in total. The molecule has 1 rings (SSSR count). The summed E-state index contributed by atoms with van der Waals surface area (Å²) in [6.07, 6.45) is 0. The number of aliphatic hydroxyl groups excluding tert-OH is 1. The molecular formula is C9H12N2O6. The number of hydrogen-bond acceptors (Lipinski definition) is 6. The lowest BCUT2D eigenvalue weighted by molar-refractivity contribution is -0.140. The molecule has 0 fully saturated rings. The van der Waals surface area contributed by atoms with Gasteiger partial charge < -0.3 is 24.8 Å². The van der Waals surface area contributed by atoms with Crippen molar-refractivity contribution in [2.45, 2.75) is 12.6 Å². The largest absolute Gasteiger partial charge is 0.480 e. The molecule has 0 unspecified atom stereocenters. The summed E-state index contributed by atoms with van der Waals surface area (Å²) in [7, 11) is 1.45. The number of aromatic nitrogens is 1. The average Bonchev–Trinajstić information content (AvgIpc) is 2.74. The van der Waals surface area contributed by atoms with Crippen molar-refractivity contribution in [2.24, 2.45) is 0 Å². The number of aliphatic carboxylic acids is 1. The van der Waals surface area contributed by atoms with E-state index in [9.17, 15) is 9.59 Å². The topological polar surface area (TPSA) is 122 Å². The summed E-state index contributed by atoms with van der Waals surface area (Å²) in [6, 6.07) is -0.0418. The maximum absolute atomic E-state index is 11.5. The first-order valence-corrected chi connectivity index (χ1v) is 4.67. The molecule has 1 atom stereocenters. The van der Waals surface area contributed by atoms with Crippen molar-refractivity contribution in [3.05, 3.63) is 17.5 Å². The van der Waals surface area contributed by atoms with Crippen LogP contribution in [0.5, 0.6) is 0 Å². The van der Waals surface area contributed by atoms with Gasteiger partial charge in [-0.3, -0.25) is 4.79 Å². The number of nitrogens with zero attached hydrogens (tertiary/aromatic N) is 1. The van der Waals surface area contributed by atoms with E-state index in [4.69, 9.17) is 19.5 Å². The van der Waals surface area contributed by atoms with Crippen LogP contribution in [0.3, 0.4) is 0 Å². The molecule has 0 saturated heterocycles. The summed E-state index contributed by atoms with van der Waals surface area (Å²) in [5, 5.41) is 22.9. The molecule has 8 nitrogen and oxygen atoms in total. The monoisotopic (exact) mass is 244 g/mol. The lowest BCUT2D eigenvalue weighted by Crippen LogP contribution is -2.43. The Labute approximate surface area is 96.2 Å². The number of carboxylic acids is 1. The van der Waals surface area contributed by atoms with Crippen LogP contribution >= 0.6 is 0 Å². The van der Waals surface area contributed by atoms with Gasteiger partial charge in [0.25, 0.3) is 5.91 Å². The first kappa shape index (κ1) is 13.1. The number of carbonyl (C=O) groups excluding carboxylic acids is 1. The molecule has 0 aliphatic carbocycles. The number of nitrogens with one attached hydrogen (secondary N) is 1. The lowest BCUT2D eigenvalue weighted by Gasteiger charge is -2.09. The smallest absolute Gasteiger partial charge is 0.328 e. The van der Waals surface area contributed by atoms with Crippen LogP contribution in [0.2, 0.25) is 0 Å². The Morgan fingerprint density at radius 1 is 1.65 bits per heavy atom. The quantitative estimate of drug-likeness (QED) is 0.586. The molecule has 0 aromatic carbocycles. The maximum Gasteiger partial charge on any atom is 0.328 e. The van der Waals surface area contributed by atoms with Crippen LogP contribution in [0, 0.1) is 0 Å². The highest BCUT2D eigenvalue weighted by molar-refractivity contribution is 5.94. The standard InChI is InChI=1S/C9H12N2O6/c1-16-4-5-2-6(11-17-5)8(13)10-7(3-12)9(14)15/h2,7,12H,3-4H2,1H3,(H,10,13)(H,14,15)/t7-/m1/s1. The first-order valence-electron chi connectivity index (χ1n) is 4.67. The highest BCUT2D eigenvalue weighted by atomic mass is 16.5. The highest BCUT2D eigenvalue weighted by Gasteiger charge is 2.21. The number of rotatable bonds is 6. The number of carboxylic acid groups (broad SMARTS) is 1. The molecule has 0 spiro atoms. The van der Waals surface area contributed by atoms with Gasteiger partial charge in [0.1, 0.15) is 6.61 Å². The average molecular weight is 244 g/mol. The zero-order valence-electron chi connectivity index (χ0n) is 9.04. The van der Waals surface area contributed by atoms with Crippen LogP contribution in [0.1, 0.15) is 16.2 Å². The molecule has 0 radical (unpaired) electrons. The summed E-state index contributed by atoms with van der Waals surface area (Å²) in [6.45, 7) is -0.549. The summed E-state index contributed by atoms with van der Waals surface area (Å²) >= 11 is 0. The van der Waals surface area contributed by atoms with Gasteiger partial charge in [-0.1, -0.05) is 5.16 Å². The third-order valence-electron chi connectivity index (χ3n) is 1.86. The Morgan fingerprint density at radius 3 is 2.88 bits per heavy atom. The third kappa shape index (κ3) is 3.54. The van der Waals surface area contributed by atoms with Crippen LogP contribution in [0.4, 0.5) is 0 Å². The van der Waals surface area contributed by atoms with E-state index in [0.717, 1.165) is 0 Å². The number of ether oxygens (including phenoxy) is 1. The maximum atomic E-state index is 11.5. The predicted octanol–water partition coefficient (Wildman–Crippen LogP) is -1.00. The van der Waals surface area contributed by atoms with Gasteiger partial charge >= 0.3 is 5.97 Å². The molecule has 0 aliphatic heterocycles. The van der Waals surface area contributed by atoms with Crippen LogP contribution < -0.4 is 5.32 Å².